The van der Waals surface area contributed by atoms with Gasteiger partial charge >= 0.3 is 0 Å². The summed E-state index contributed by atoms with van der Waals surface area (Å²) in [5.41, 5.74) is 4.46. The molecule has 4 nitrogen and oxygen atoms in total. The van der Waals surface area contributed by atoms with Crippen molar-refractivity contribution in [1.82, 2.24) is 10.6 Å². The number of hydrogen-bond acceptors (Lipinski definition) is 3. The summed E-state index contributed by atoms with van der Waals surface area (Å²) >= 11 is 0. The molecule has 0 spiro atoms. The molecule has 10 heavy (non-hydrogen) atoms. The molecule has 0 atom stereocenters. The van der Waals surface area contributed by atoms with Crippen molar-refractivity contribution in [2.75, 3.05) is 13.7 Å². The van der Waals surface area contributed by atoms with Gasteiger partial charge in [-0.15, -0.1) is 0 Å². The normalized spacial score (nSPS) is 11.5. The largest absolute Gasteiger partial charge is 0.368 e. The molecule has 60 valence electrons. The van der Waals surface area contributed by atoms with E-state index in [0.29, 0.717) is 6.67 Å². The summed E-state index contributed by atoms with van der Waals surface area (Å²) < 4.78 is 0. The molecule has 0 aromatic rings. The van der Waals surface area contributed by atoms with E-state index in [1.165, 1.54) is 0 Å². The van der Waals surface area contributed by atoms with Crippen LogP contribution < -0.4 is 16.4 Å². The lowest BCUT2D eigenvalue weighted by atomic mass is 10.1. The molecular formula is C6H15N3O. The zero-order chi connectivity index (χ0) is 8.20. The smallest absolute Gasteiger partial charge is 0.237 e. The molecule has 0 heterocycles. The fourth-order valence-corrected chi connectivity index (χ4v) is 0.396. The van der Waals surface area contributed by atoms with E-state index in [9.17, 15) is 4.79 Å². The van der Waals surface area contributed by atoms with Crippen LogP contribution in [0.25, 0.3) is 0 Å². The lowest BCUT2D eigenvalue weighted by molar-refractivity contribution is -0.123. The Balaban J connectivity index is 3.75. The van der Waals surface area contributed by atoms with Crippen LogP contribution in [0, 0.1) is 0 Å². The van der Waals surface area contributed by atoms with Crippen molar-refractivity contribution in [2.45, 2.75) is 19.4 Å². The molecule has 0 radical (unpaired) electrons. The molecule has 4 heteroatoms. The average Bonchev–Trinajstić information content (AvgIpc) is 1.84. The van der Waals surface area contributed by atoms with E-state index < -0.39 is 5.54 Å². The number of primary amides is 1. The second-order valence-electron chi connectivity index (χ2n) is 2.70. The summed E-state index contributed by atoms with van der Waals surface area (Å²) in [5.74, 6) is -0.345. The summed E-state index contributed by atoms with van der Waals surface area (Å²) in [6.45, 7) is 4.06. The molecule has 0 aromatic heterocycles. The van der Waals surface area contributed by atoms with E-state index in [4.69, 9.17) is 5.73 Å². The second-order valence-corrected chi connectivity index (χ2v) is 2.70. The Hall–Kier alpha value is -0.610. The van der Waals surface area contributed by atoms with Gasteiger partial charge in [0.15, 0.2) is 0 Å². The summed E-state index contributed by atoms with van der Waals surface area (Å²) in [7, 11) is 1.80. The Morgan fingerprint density at radius 2 is 2.10 bits per heavy atom. The molecule has 1 amide bonds. The van der Waals surface area contributed by atoms with Crippen LogP contribution >= 0.6 is 0 Å². The lowest BCUT2D eigenvalue weighted by Crippen LogP contribution is -2.52. The fraction of sp³-hybridized carbons (Fsp3) is 0.833. The van der Waals surface area contributed by atoms with Crippen molar-refractivity contribution in [3.05, 3.63) is 0 Å². The van der Waals surface area contributed by atoms with Gasteiger partial charge in [0.1, 0.15) is 0 Å². The minimum Gasteiger partial charge on any atom is -0.368 e. The number of nitrogens with two attached hydrogens (primary N) is 1. The van der Waals surface area contributed by atoms with Gasteiger partial charge in [0, 0.05) is 6.67 Å². The van der Waals surface area contributed by atoms with Crippen LogP contribution in [0.3, 0.4) is 0 Å². The number of carbonyl (C=O) groups is 1. The maximum absolute atomic E-state index is 10.7. The van der Waals surface area contributed by atoms with Gasteiger partial charge in [-0.05, 0) is 20.9 Å². The Kier molecular flexibility index (Phi) is 3.32. The minimum atomic E-state index is -0.622. The Labute approximate surface area is 61.2 Å². The zero-order valence-electron chi connectivity index (χ0n) is 6.69. The Bertz CT molecular complexity index is 122. The highest BCUT2D eigenvalue weighted by Gasteiger charge is 2.22. The molecule has 0 unspecified atom stereocenters. The van der Waals surface area contributed by atoms with Gasteiger partial charge in [-0.2, -0.15) is 0 Å². The van der Waals surface area contributed by atoms with Crippen molar-refractivity contribution in [3.63, 3.8) is 0 Å². The van der Waals surface area contributed by atoms with E-state index in [0.717, 1.165) is 0 Å². The maximum Gasteiger partial charge on any atom is 0.237 e. The SMILES string of the molecule is CNCNC(C)(C)C(N)=O. The van der Waals surface area contributed by atoms with Gasteiger partial charge in [-0.3, -0.25) is 10.1 Å². The van der Waals surface area contributed by atoms with Crippen LogP contribution in [-0.4, -0.2) is 25.2 Å². The third kappa shape index (κ3) is 2.80. The van der Waals surface area contributed by atoms with Crippen molar-refractivity contribution >= 4 is 5.91 Å². The van der Waals surface area contributed by atoms with Crippen molar-refractivity contribution in [2.24, 2.45) is 5.73 Å². The third-order valence-corrected chi connectivity index (χ3v) is 1.32. The van der Waals surface area contributed by atoms with Crippen LogP contribution in [0.2, 0.25) is 0 Å². The van der Waals surface area contributed by atoms with Gasteiger partial charge in [-0.25, -0.2) is 0 Å². The van der Waals surface area contributed by atoms with E-state index in [-0.39, 0.29) is 5.91 Å². The molecule has 0 aliphatic rings. The van der Waals surface area contributed by atoms with Crippen LogP contribution in [-0.2, 0) is 4.79 Å². The van der Waals surface area contributed by atoms with E-state index >= 15 is 0 Å². The Morgan fingerprint density at radius 3 is 2.40 bits per heavy atom. The monoisotopic (exact) mass is 145 g/mol. The second kappa shape index (κ2) is 3.53. The fourth-order valence-electron chi connectivity index (χ4n) is 0.396. The number of nitrogens with one attached hydrogen (secondary N) is 2. The first-order valence-corrected chi connectivity index (χ1v) is 3.20. The predicted octanol–water partition coefficient (Wildman–Crippen LogP) is -0.983. The molecular weight excluding hydrogens is 130 g/mol. The summed E-state index contributed by atoms with van der Waals surface area (Å²) in [6.07, 6.45) is 0. The van der Waals surface area contributed by atoms with Crippen molar-refractivity contribution in [3.8, 4) is 0 Å². The quantitative estimate of drug-likeness (QED) is 0.445. The van der Waals surface area contributed by atoms with Crippen LogP contribution in [0.1, 0.15) is 13.8 Å². The predicted molar refractivity (Wildman–Crippen MR) is 40.3 cm³/mol. The summed E-state index contributed by atoms with van der Waals surface area (Å²) in [6, 6.07) is 0. The average molecular weight is 145 g/mol. The highest BCUT2D eigenvalue weighted by Crippen LogP contribution is 1.97. The Morgan fingerprint density at radius 1 is 1.60 bits per heavy atom. The molecule has 0 saturated carbocycles. The third-order valence-electron chi connectivity index (χ3n) is 1.32. The standard InChI is InChI=1S/C6H15N3O/c1-6(2,5(7)10)9-4-8-3/h8-9H,4H2,1-3H3,(H2,7,10). The van der Waals surface area contributed by atoms with Gasteiger partial charge in [0.25, 0.3) is 0 Å². The van der Waals surface area contributed by atoms with E-state index in [1.54, 1.807) is 20.9 Å². The molecule has 0 aliphatic carbocycles. The number of hydrogen-bond donors (Lipinski definition) is 3. The molecule has 0 rings (SSSR count). The minimum absolute atomic E-state index is 0.345. The first kappa shape index (κ1) is 9.39. The first-order valence-electron chi connectivity index (χ1n) is 3.20. The molecule has 0 aromatic carbocycles. The topological polar surface area (TPSA) is 67.2 Å². The number of carbonyl (C=O) groups excluding carboxylic acids is 1. The van der Waals surface area contributed by atoms with Crippen LogP contribution in [0.4, 0.5) is 0 Å². The highest BCUT2D eigenvalue weighted by molar-refractivity contribution is 5.83. The van der Waals surface area contributed by atoms with Crippen molar-refractivity contribution < 1.29 is 4.79 Å². The van der Waals surface area contributed by atoms with Crippen LogP contribution in [0.5, 0.6) is 0 Å². The van der Waals surface area contributed by atoms with Crippen molar-refractivity contribution in [1.29, 1.82) is 0 Å². The van der Waals surface area contributed by atoms with Crippen LogP contribution in [0.15, 0.2) is 0 Å². The van der Waals surface area contributed by atoms with Gasteiger partial charge in [0.2, 0.25) is 5.91 Å². The first-order chi connectivity index (χ1) is 4.50. The van der Waals surface area contributed by atoms with E-state index in [1.807, 2.05) is 0 Å². The summed E-state index contributed by atoms with van der Waals surface area (Å²) in [5, 5.41) is 5.78. The zero-order valence-corrected chi connectivity index (χ0v) is 6.69. The van der Waals surface area contributed by atoms with Gasteiger partial charge < -0.3 is 11.1 Å². The van der Waals surface area contributed by atoms with Gasteiger partial charge in [-0.1, -0.05) is 0 Å². The van der Waals surface area contributed by atoms with Gasteiger partial charge in [0.05, 0.1) is 5.54 Å². The lowest BCUT2D eigenvalue weighted by Gasteiger charge is -2.21. The number of amides is 1. The molecule has 0 fully saturated rings. The molecule has 0 saturated heterocycles. The molecule has 0 bridgehead atoms. The highest BCUT2D eigenvalue weighted by atomic mass is 16.1. The van der Waals surface area contributed by atoms with E-state index in [2.05, 4.69) is 10.6 Å². The molecule has 0 aliphatic heterocycles. The maximum atomic E-state index is 10.7. The molecule has 4 N–H and O–H groups in total. The summed E-state index contributed by atoms with van der Waals surface area (Å²) in [4.78, 5) is 10.7. The number of rotatable bonds is 4.